The summed E-state index contributed by atoms with van der Waals surface area (Å²) in [5, 5.41) is 22.7. The number of nitrogens with one attached hydrogen (secondary N) is 1. The van der Waals surface area contributed by atoms with Crippen LogP contribution in [0.5, 0.6) is 0 Å². The van der Waals surface area contributed by atoms with Crippen molar-refractivity contribution in [3.8, 4) is 0 Å². The number of carbonyl (C=O) groups is 2. The van der Waals surface area contributed by atoms with Crippen LogP contribution < -0.4 is 5.32 Å². The fraction of sp³-hybridized carbons (Fsp3) is 0.429. The number of nitro groups is 1. The first-order valence-corrected chi connectivity index (χ1v) is 7.24. The topological polar surface area (TPSA) is 113 Å². The summed E-state index contributed by atoms with van der Waals surface area (Å²) in [4.78, 5) is 33.9. The second-order valence-electron chi connectivity index (χ2n) is 5.00. The van der Waals surface area contributed by atoms with Crippen molar-refractivity contribution in [2.75, 3.05) is 13.1 Å². The Balaban J connectivity index is 2.89. The number of aliphatic carboxylic acids is 1. The minimum Gasteiger partial charge on any atom is -0.480 e. The molecular weight excluding hydrogens is 326 g/mol. The molecule has 0 saturated carbocycles. The van der Waals surface area contributed by atoms with Crippen LogP contribution >= 0.6 is 11.6 Å². The summed E-state index contributed by atoms with van der Waals surface area (Å²) < 4.78 is 0. The van der Waals surface area contributed by atoms with Crippen molar-refractivity contribution in [2.24, 2.45) is 0 Å². The van der Waals surface area contributed by atoms with Crippen molar-refractivity contribution in [3.05, 3.63) is 38.9 Å². The SMILES string of the molecule is CC(=O)NCCN(Cc1ccc([N+](=O)[O-])cc1Cl)C(C)C(=O)O. The summed E-state index contributed by atoms with van der Waals surface area (Å²) in [7, 11) is 0. The summed E-state index contributed by atoms with van der Waals surface area (Å²) in [6, 6.07) is 3.25. The Morgan fingerprint density at radius 1 is 1.48 bits per heavy atom. The molecule has 1 rings (SSSR count). The Morgan fingerprint density at radius 3 is 2.61 bits per heavy atom. The van der Waals surface area contributed by atoms with Gasteiger partial charge in [0.05, 0.1) is 9.95 Å². The third-order valence-electron chi connectivity index (χ3n) is 3.30. The molecule has 23 heavy (non-hydrogen) atoms. The summed E-state index contributed by atoms with van der Waals surface area (Å²) in [6.07, 6.45) is 0. The molecule has 0 aliphatic rings. The maximum atomic E-state index is 11.2. The first-order chi connectivity index (χ1) is 10.7. The lowest BCUT2D eigenvalue weighted by atomic mass is 10.1. The molecule has 1 unspecified atom stereocenters. The van der Waals surface area contributed by atoms with Crippen molar-refractivity contribution >= 4 is 29.2 Å². The van der Waals surface area contributed by atoms with Gasteiger partial charge >= 0.3 is 5.97 Å². The summed E-state index contributed by atoms with van der Waals surface area (Å²) in [5.41, 5.74) is 0.447. The van der Waals surface area contributed by atoms with Crippen LogP contribution in [0.3, 0.4) is 0 Å². The van der Waals surface area contributed by atoms with E-state index in [1.54, 1.807) is 4.90 Å². The zero-order valence-corrected chi connectivity index (χ0v) is 13.5. The van der Waals surface area contributed by atoms with Gasteiger partial charge in [0.2, 0.25) is 5.91 Å². The van der Waals surface area contributed by atoms with E-state index in [-0.39, 0.29) is 29.7 Å². The molecule has 1 aromatic carbocycles. The van der Waals surface area contributed by atoms with E-state index in [1.165, 1.54) is 32.0 Å². The Labute approximate surface area is 138 Å². The van der Waals surface area contributed by atoms with E-state index >= 15 is 0 Å². The van der Waals surface area contributed by atoms with Crippen LogP contribution in [0.1, 0.15) is 19.4 Å². The van der Waals surface area contributed by atoms with Gasteiger partial charge in [-0.05, 0) is 18.6 Å². The molecule has 0 heterocycles. The van der Waals surface area contributed by atoms with E-state index in [2.05, 4.69) is 5.32 Å². The number of benzene rings is 1. The molecule has 1 amide bonds. The number of rotatable bonds is 8. The number of carbonyl (C=O) groups excluding carboxylic acids is 1. The van der Waals surface area contributed by atoms with Crippen LogP contribution in [-0.4, -0.2) is 45.9 Å². The fourth-order valence-electron chi connectivity index (χ4n) is 1.94. The number of nitro benzene ring substituents is 1. The Kier molecular flexibility index (Phi) is 6.92. The zero-order valence-electron chi connectivity index (χ0n) is 12.8. The monoisotopic (exact) mass is 343 g/mol. The van der Waals surface area contributed by atoms with Crippen LogP contribution in [0.25, 0.3) is 0 Å². The second kappa shape index (κ2) is 8.44. The van der Waals surface area contributed by atoms with Gasteiger partial charge in [0.15, 0.2) is 0 Å². The highest BCUT2D eigenvalue weighted by Gasteiger charge is 2.22. The average molecular weight is 344 g/mol. The molecule has 0 saturated heterocycles. The van der Waals surface area contributed by atoms with E-state index in [1.807, 2.05) is 0 Å². The number of non-ortho nitro benzene ring substituents is 1. The number of hydrogen-bond acceptors (Lipinski definition) is 5. The highest BCUT2D eigenvalue weighted by atomic mass is 35.5. The van der Waals surface area contributed by atoms with Crippen molar-refractivity contribution in [1.82, 2.24) is 10.2 Å². The van der Waals surface area contributed by atoms with Crippen LogP contribution in [0.4, 0.5) is 5.69 Å². The number of amides is 1. The first kappa shape index (κ1) is 18.9. The lowest BCUT2D eigenvalue weighted by Crippen LogP contribution is -2.42. The predicted molar refractivity (Wildman–Crippen MR) is 84.3 cm³/mol. The first-order valence-electron chi connectivity index (χ1n) is 6.86. The Hall–Kier alpha value is -2.19. The van der Waals surface area contributed by atoms with Crippen LogP contribution in [-0.2, 0) is 16.1 Å². The molecule has 0 bridgehead atoms. The van der Waals surface area contributed by atoms with Gasteiger partial charge in [0.25, 0.3) is 5.69 Å². The number of hydrogen-bond donors (Lipinski definition) is 2. The van der Waals surface area contributed by atoms with Gasteiger partial charge in [-0.2, -0.15) is 0 Å². The summed E-state index contributed by atoms with van der Waals surface area (Å²) >= 11 is 6.04. The highest BCUT2D eigenvalue weighted by Crippen LogP contribution is 2.24. The van der Waals surface area contributed by atoms with Gasteiger partial charge in [-0.3, -0.25) is 24.6 Å². The Bertz CT molecular complexity index is 608. The molecule has 9 heteroatoms. The molecule has 0 radical (unpaired) electrons. The fourth-order valence-corrected chi connectivity index (χ4v) is 2.17. The number of nitrogens with zero attached hydrogens (tertiary/aromatic N) is 2. The van der Waals surface area contributed by atoms with Crippen LogP contribution in [0.15, 0.2) is 18.2 Å². The van der Waals surface area contributed by atoms with Crippen molar-refractivity contribution in [3.63, 3.8) is 0 Å². The van der Waals surface area contributed by atoms with E-state index in [9.17, 15) is 24.8 Å². The largest absolute Gasteiger partial charge is 0.480 e. The molecule has 0 aliphatic carbocycles. The third-order valence-corrected chi connectivity index (χ3v) is 3.65. The summed E-state index contributed by atoms with van der Waals surface area (Å²) in [5.74, 6) is -1.22. The summed E-state index contributed by atoms with van der Waals surface area (Å²) in [6.45, 7) is 3.69. The molecule has 0 aliphatic heterocycles. The molecular formula is C14H18ClN3O5. The standard InChI is InChI=1S/C14H18ClN3O5/c1-9(14(20)21)17(6-5-16-10(2)19)8-11-3-4-12(18(22)23)7-13(11)15/h3-4,7,9H,5-6,8H2,1-2H3,(H,16,19)(H,20,21). The van der Waals surface area contributed by atoms with E-state index in [0.29, 0.717) is 12.1 Å². The van der Waals surface area contributed by atoms with Gasteiger partial charge < -0.3 is 10.4 Å². The average Bonchev–Trinajstić information content (AvgIpc) is 2.46. The van der Waals surface area contributed by atoms with Crippen molar-refractivity contribution < 1.29 is 19.6 Å². The van der Waals surface area contributed by atoms with Gasteiger partial charge in [-0.15, -0.1) is 0 Å². The Morgan fingerprint density at radius 2 is 2.13 bits per heavy atom. The van der Waals surface area contributed by atoms with Crippen LogP contribution in [0.2, 0.25) is 5.02 Å². The van der Waals surface area contributed by atoms with E-state index in [4.69, 9.17) is 11.6 Å². The second-order valence-corrected chi connectivity index (χ2v) is 5.41. The minimum atomic E-state index is -1.01. The number of carboxylic acids is 1. The van der Waals surface area contributed by atoms with Gasteiger partial charge in [0.1, 0.15) is 6.04 Å². The number of halogens is 1. The lowest BCUT2D eigenvalue weighted by Gasteiger charge is -2.26. The molecule has 126 valence electrons. The lowest BCUT2D eigenvalue weighted by molar-refractivity contribution is -0.384. The van der Waals surface area contributed by atoms with Gasteiger partial charge in [0, 0.05) is 38.7 Å². The van der Waals surface area contributed by atoms with Gasteiger partial charge in [-0.1, -0.05) is 11.6 Å². The van der Waals surface area contributed by atoms with Crippen molar-refractivity contribution in [2.45, 2.75) is 26.4 Å². The normalized spacial score (nSPS) is 12.0. The smallest absolute Gasteiger partial charge is 0.320 e. The molecule has 0 fully saturated rings. The quantitative estimate of drug-likeness (QED) is 0.548. The van der Waals surface area contributed by atoms with Gasteiger partial charge in [-0.25, -0.2) is 0 Å². The zero-order chi connectivity index (χ0) is 17.6. The highest BCUT2D eigenvalue weighted by molar-refractivity contribution is 6.31. The van der Waals surface area contributed by atoms with Crippen molar-refractivity contribution in [1.29, 1.82) is 0 Å². The van der Waals surface area contributed by atoms with E-state index < -0.39 is 16.9 Å². The minimum absolute atomic E-state index is 0.130. The molecule has 1 atom stereocenters. The molecule has 0 spiro atoms. The maximum Gasteiger partial charge on any atom is 0.320 e. The van der Waals surface area contributed by atoms with Crippen LogP contribution in [0, 0.1) is 10.1 Å². The molecule has 1 aromatic rings. The van der Waals surface area contributed by atoms with E-state index in [0.717, 1.165) is 0 Å². The molecule has 2 N–H and O–H groups in total. The maximum absolute atomic E-state index is 11.2. The molecule has 8 nitrogen and oxygen atoms in total. The predicted octanol–water partition coefficient (Wildman–Crippen LogP) is 1.66. The third kappa shape index (κ3) is 5.84. The molecule has 0 aromatic heterocycles. The number of carboxylic acid groups (broad SMARTS) is 1.